The summed E-state index contributed by atoms with van der Waals surface area (Å²) in [6, 6.07) is 10.5. The number of hydrogen-bond acceptors (Lipinski definition) is 1. The molecule has 0 saturated heterocycles. The molecule has 0 aliphatic carbocycles. The molecule has 2 heteroatoms. The molecule has 0 saturated carbocycles. The molecule has 2 rings (SSSR count). The zero-order valence-corrected chi connectivity index (χ0v) is 13.3. The first kappa shape index (κ1) is 15.6. The van der Waals surface area contributed by atoms with Crippen LogP contribution < -0.4 is 5.56 Å². The summed E-state index contributed by atoms with van der Waals surface area (Å²) in [4.78, 5) is 15.3. The third-order valence-electron chi connectivity index (χ3n) is 3.96. The maximum atomic E-state index is 12.2. The van der Waals surface area contributed by atoms with Gasteiger partial charge in [0.1, 0.15) is 0 Å². The van der Waals surface area contributed by atoms with Gasteiger partial charge in [-0.2, -0.15) is 0 Å². The van der Waals surface area contributed by atoms with Crippen LogP contribution in [0.1, 0.15) is 54.6 Å². The van der Waals surface area contributed by atoms with Gasteiger partial charge in [-0.25, -0.2) is 0 Å². The van der Waals surface area contributed by atoms with Gasteiger partial charge in [0.05, 0.1) is 0 Å². The molecule has 1 heterocycles. The lowest BCUT2D eigenvalue weighted by atomic mass is 9.99. The average molecular weight is 283 g/mol. The van der Waals surface area contributed by atoms with Crippen molar-refractivity contribution in [2.24, 2.45) is 0 Å². The average Bonchev–Trinajstić information content (AvgIpc) is 2.49. The van der Waals surface area contributed by atoms with E-state index in [9.17, 15) is 4.79 Å². The van der Waals surface area contributed by atoms with Crippen LogP contribution in [0.2, 0.25) is 0 Å². The number of unbranched alkanes of at least 4 members (excludes halogenated alkanes) is 1. The van der Waals surface area contributed by atoms with E-state index < -0.39 is 0 Å². The van der Waals surface area contributed by atoms with E-state index in [-0.39, 0.29) is 5.56 Å². The van der Waals surface area contributed by atoms with E-state index in [1.807, 2.05) is 0 Å². The van der Waals surface area contributed by atoms with E-state index in [0.29, 0.717) is 6.42 Å². The number of benzene rings is 1. The van der Waals surface area contributed by atoms with Gasteiger partial charge in [-0.1, -0.05) is 50.1 Å². The summed E-state index contributed by atoms with van der Waals surface area (Å²) in [6.45, 7) is 6.38. The molecule has 0 aliphatic rings. The maximum Gasteiger partial charge on any atom is 0.251 e. The molecule has 0 spiro atoms. The summed E-state index contributed by atoms with van der Waals surface area (Å²) in [5, 5.41) is 0. The Labute approximate surface area is 127 Å². The number of aryl methyl sites for hydroxylation is 3. The van der Waals surface area contributed by atoms with Crippen molar-refractivity contribution in [1.82, 2.24) is 4.98 Å². The number of H-pyrrole nitrogens is 1. The van der Waals surface area contributed by atoms with Crippen molar-refractivity contribution in [2.75, 3.05) is 0 Å². The van der Waals surface area contributed by atoms with Crippen LogP contribution in [-0.2, 0) is 19.3 Å². The van der Waals surface area contributed by atoms with E-state index in [0.717, 1.165) is 24.1 Å². The minimum Gasteiger partial charge on any atom is -0.326 e. The Bertz CT molecular complexity index is 638. The Kier molecular flexibility index (Phi) is 5.38. The van der Waals surface area contributed by atoms with Gasteiger partial charge in [-0.15, -0.1) is 0 Å². The molecule has 1 aromatic heterocycles. The molecule has 0 aliphatic heterocycles. The summed E-state index contributed by atoms with van der Waals surface area (Å²) < 4.78 is 0. The van der Waals surface area contributed by atoms with E-state index in [1.165, 1.54) is 29.5 Å². The first-order valence-electron chi connectivity index (χ1n) is 7.93. The molecule has 0 unspecified atom stereocenters. The molecule has 21 heavy (non-hydrogen) atoms. The lowest BCUT2D eigenvalue weighted by molar-refractivity contribution is 0.775. The predicted octanol–water partition coefficient (Wildman–Crippen LogP) is 4.18. The van der Waals surface area contributed by atoms with E-state index in [4.69, 9.17) is 0 Å². The van der Waals surface area contributed by atoms with Crippen LogP contribution in [0.4, 0.5) is 0 Å². The van der Waals surface area contributed by atoms with Crippen molar-refractivity contribution in [1.29, 1.82) is 0 Å². The normalized spacial score (nSPS) is 10.8. The maximum absolute atomic E-state index is 12.2. The minimum atomic E-state index is 0.0627. The Morgan fingerprint density at radius 2 is 1.76 bits per heavy atom. The molecule has 2 nitrogen and oxygen atoms in total. The molecule has 1 aromatic carbocycles. The third kappa shape index (κ3) is 4.07. The van der Waals surface area contributed by atoms with Gasteiger partial charge in [0.2, 0.25) is 0 Å². The molecule has 0 atom stereocenters. The van der Waals surface area contributed by atoms with E-state index in [2.05, 4.69) is 56.1 Å². The third-order valence-corrected chi connectivity index (χ3v) is 3.96. The monoisotopic (exact) mass is 283 g/mol. The Morgan fingerprint density at radius 1 is 1.05 bits per heavy atom. The highest BCUT2D eigenvalue weighted by molar-refractivity contribution is 5.31. The van der Waals surface area contributed by atoms with Crippen molar-refractivity contribution in [3.8, 4) is 0 Å². The topological polar surface area (TPSA) is 32.9 Å². The summed E-state index contributed by atoms with van der Waals surface area (Å²) >= 11 is 0. The van der Waals surface area contributed by atoms with Crippen LogP contribution in [-0.4, -0.2) is 4.98 Å². The first-order valence-corrected chi connectivity index (χ1v) is 7.93. The molecule has 0 radical (unpaired) electrons. The lowest BCUT2D eigenvalue weighted by Gasteiger charge is -2.10. The van der Waals surface area contributed by atoms with E-state index in [1.54, 1.807) is 0 Å². The van der Waals surface area contributed by atoms with Crippen LogP contribution in [0, 0.1) is 6.92 Å². The first-order chi connectivity index (χ1) is 10.1. The van der Waals surface area contributed by atoms with Crippen LogP contribution in [0.25, 0.3) is 0 Å². The minimum absolute atomic E-state index is 0.0627. The SMILES string of the molecule is CCCCc1cc(Cc2ccc(C)cc2)c(=O)[nH]c1CC. The van der Waals surface area contributed by atoms with Crippen LogP contribution in [0.5, 0.6) is 0 Å². The second-order valence-corrected chi connectivity index (χ2v) is 5.75. The quantitative estimate of drug-likeness (QED) is 0.847. The van der Waals surface area contributed by atoms with Gasteiger partial charge in [0.25, 0.3) is 5.56 Å². The Balaban J connectivity index is 2.30. The number of aromatic nitrogens is 1. The summed E-state index contributed by atoms with van der Waals surface area (Å²) in [6.07, 6.45) is 4.99. The second kappa shape index (κ2) is 7.26. The van der Waals surface area contributed by atoms with Crippen LogP contribution >= 0.6 is 0 Å². The highest BCUT2D eigenvalue weighted by Crippen LogP contribution is 2.14. The number of hydrogen-bond donors (Lipinski definition) is 1. The van der Waals surface area contributed by atoms with Crippen LogP contribution in [0.3, 0.4) is 0 Å². The predicted molar refractivity (Wildman–Crippen MR) is 89.0 cm³/mol. The van der Waals surface area contributed by atoms with Gasteiger partial charge >= 0.3 is 0 Å². The molecule has 1 N–H and O–H groups in total. The van der Waals surface area contributed by atoms with Gasteiger partial charge in [0, 0.05) is 17.7 Å². The number of pyridine rings is 1. The van der Waals surface area contributed by atoms with Gasteiger partial charge in [-0.05, 0) is 43.4 Å². The Hall–Kier alpha value is -1.83. The fourth-order valence-corrected chi connectivity index (χ4v) is 2.62. The number of rotatable bonds is 6. The van der Waals surface area contributed by atoms with Crippen molar-refractivity contribution >= 4 is 0 Å². The molecule has 0 amide bonds. The number of nitrogens with one attached hydrogen (secondary N) is 1. The lowest BCUT2D eigenvalue weighted by Crippen LogP contribution is -2.17. The van der Waals surface area contributed by atoms with Gasteiger partial charge in [-0.3, -0.25) is 4.79 Å². The zero-order valence-electron chi connectivity index (χ0n) is 13.3. The second-order valence-electron chi connectivity index (χ2n) is 5.75. The summed E-state index contributed by atoms with van der Waals surface area (Å²) in [7, 11) is 0. The Morgan fingerprint density at radius 3 is 2.38 bits per heavy atom. The molecule has 0 bridgehead atoms. The molecule has 112 valence electrons. The van der Waals surface area contributed by atoms with Gasteiger partial charge < -0.3 is 4.98 Å². The van der Waals surface area contributed by atoms with Gasteiger partial charge in [0.15, 0.2) is 0 Å². The summed E-state index contributed by atoms with van der Waals surface area (Å²) in [5.74, 6) is 0. The molecular formula is C19H25NO. The highest BCUT2D eigenvalue weighted by Gasteiger charge is 2.08. The molecular weight excluding hydrogens is 258 g/mol. The van der Waals surface area contributed by atoms with Crippen molar-refractivity contribution in [2.45, 2.75) is 52.9 Å². The largest absolute Gasteiger partial charge is 0.326 e. The standard InChI is InChI=1S/C19H25NO/c1-4-6-7-16-13-17(19(21)20-18(16)5-2)12-15-10-8-14(3)9-11-15/h8-11,13H,4-7,12H2,1-3H3,(H,20,21). The smallest absolute Gasteiger partial charge is 0.251 e. The molecule has 0 fully saturated rings. The van der Waals surface area contributed by atoms with Crippen molar-refractivity contribution < 1.29 is 0 Å². The van der Waals surface area contributed by atoms with Crippen molar-refractivity contribution in [3.05, 3.63) is 68.6 Å². The van der Waals surface area contributed by atoms with E-state index >= 15 is 0 Å². The molecule has 2 aromatic rings. The summed E-state index contributed by atoms with van der Waals surface area (Å²) in [5.41, 5.74) is 5.78. The highest BCUT2D eigenvalue weighted by atomic mass is 16.1. The fourth-order valence-electron chi connectivity index (χ4n) is 2.62. The number of aromatic amines is 1. The fraction of sp³-hybridized carbons (Fsp3) is 0.421. The zero-order chi connectivity index (χ0) is 15.2. The van der Waals surface area contributed by atoms with Crippen molar-refractivity contribution in [3.63, 3.8) is 0 Å². The van der Waals surface area contributed by atoms with Crippen LogP contribution in [0.15, 0.2) is 35.1 Å².